The van der Waals surface area contributed by atoms with Gasteiger partial charge in [-0.15, -0.1) is 6.42 Å². The van der Waals surface area contributed by atoms with Crippen LogP contribution in [0.25, 0.3) is 16.9 Å². The van der Waals surface area contributed by atoms with E-state index in [2.05, 4.69) is 34.8 Å². The molecule has 1 unspecified atom stereocenters. The number of aryl methyl sites for hydroxylation is 1. The predicted molar refractivity (Wildman–Crippen MR) is 134 cm³/mol. The zero-order chi connectivity index (χ0) is 24.2. The molecule has 176 valence electrons. The van der Waals surface area contributed by atoms with E-state index in [1.54, 1.807) is 24.5 Å². The van der Waals surface area contributed by atoms with Gasteiger partial charge >= 0.3 is 0 Å². The Labute approximate surface area is 200 Å². The summed E-state index contributed by atoms with van der Waals surface area (Å²) < 4.78 is 1.38. The van der Waals surface area contributed by atoms with Crippen molar-refractivity contribution in [1.29, 1.82) is 0 Å². The highest BCUT2D eigenvalue weighted by Crippen LogP contribution is 2.22. The highest BCUT2D eigenvalue weighted by Gasteiger charge is 2.27. The van der Waals surface area contributed by atoms with E-state index in [0.717, 1.165) is 55.7 Å². The summed E-state index contributed by atoms with van der Waals surface area (Å²) >= 11 is 0. The topological polar surface area (TPSA) is 74.2 Å². The lowest BCUT2D eigenvalue weighted by Gasteiger charge is -2.38. The van der Waals surface area contributed by atoms with Crippen LogP contribution in [-0.4, -0.2) is 62.7 Å². The molecule has 3 heterocycles. The largest absolute Gasteiger partial charge is 0.337 e. The summed E-state index contributed by atoms with van der Waals surface area (Å²) in [5, 5.41) is 2.99. The number of rotatable bonds is 6. The Morgan fingerprint density at radius 1 is 1.24 bits per heavy atom. The smallest absolute Gasteiger partial charge is 0.280 e. The first-order valence-corrected chi connectivity index (χ1v) is 11.8. The molecule has 0 saturated carbocycles. The molecule has 0 radical (unpaired) electrons. The van der Waals surface area contributed by atoms with Crippen molar-refractivity contribution in [1.82, 2.24) is 24.6 Å². The van der Waals surface area contributed by atoms with Gasteiger partial charge in [-0.05, 0) is 68.2 Å². The number of H-pyrrole nitrogens is 1. The van der Waals surface area contributed by atoms with Gasteiger partial charge in [-0.2, -0.15) is 0 Å². The molecule has 0 spiro atoms. The summed E-state index contributed by atoms with van der Waals surface area (Å²) in [5.74, 6) is 3.03. The Bertz CT molecular complexity index is 1260. The van der Waals surface area contributed by atoms with Crippen molar-refractivity contribution in [2.24, 2.45) is 0 Å². The first-order chi connectivity index (χ1) is 16.5. The van der Waals surface area contributed by atoms with Crippen LogP contribution in [0.5, 0.6) is 0 Å². The van der Waals surface area contributed by atoms with E-state index in [4.69, 9.17) is 6.42 Å². The van der Waals surface area contributed by atoms with Gasteiger partial charge in [0.25, 0.3) is 11.5 Å². The van der Waals surface area contributed by atoms with Crippen LogP contribution in [-0.2, 0) is 0 Å². The summed E-state index contributed by atoms with van der Waals surface area (Å²) in [6, 6.07) is 9.41. The molecule has 7 heteroatoms. The molecule has 1 atom stereocenters. The van der Waals surface area contributed by atoms with Crippen molar-refractivity contribution >= 4 is 5.91 Å². The Balaban J connectivity index is 1.53. The second-order valence-corrected chi connectivity index (χ2v) is 8.68. The number of aromatic amines is 1. The highest BCUT2D eigenvalue weighted by molar-refractivity contribution is 5.94. The molecule has 4 rings (SSSR count). The average molecular weight is 458 g/mol. The Hall–Kier alpha value is -3.63. The molecule has 1 amide bonds. The normalized spacial score (nSPS) is 16.0. The number of likely N-dealkylation sites (N-methyl/N-ethyl adjacent to an activating group) is 1. The number of likely N-dealkylation sites (tertiary alicyclic amines) is 1. The monoisotopic (exact) mass is 457 g/mol. The fraction of sp³-hybridized carbons (Fsp3) is 0.370. The van der Waals surface area contributed by atoms with Crippen molar-refractivity contribution < 1.29 is 4.79 Å². The Kier molecular flexibility index (Phi) is 6.99. The van der Waals surface area contributed by atoms with Crippen molar-refractivity contribution in [2.45, 2.75) is 39.7 Å². The van der Waals surface area contributed by atoms with Gasteiger partial charge in [-0.3, -0.25) is 19.6 Å². The van der Waals surface area contributed by atoms with E-state index in [1.807, 2.05) is 30.0 Å². The molecule has 1 aliphatic heterocycles. The van der Waals surface area contributed by atoms with Gasteiger partial charge in [0.15, 0.2) is 5.82 Å². The van der Waals surface area contributed by atoms with Crippen molar-refractivity contribution in [3.8, 4) is 29.3 Å². The zero-order valence-corrected chi connectivity index (χ0v) is 20.0. The highest BCUT2D eigenvalue weighted by atomic mass is 16.2. The molecule has 3 aromatic rings. The van der Waals surface area contributed by atoms with Crippen LogP contribution >= 0.6 is 0 Å². The number of hydrogen-bond acceptors (Lipinski definition) is 4. The standard InChI is InChI=1S/C27H31N5O2/c1-5-20-10-12-23(19(4)15-20)24-17-29-32(27(24)34)25-13-11-21(16-28-25)26(33)31-14-8-9-22(18-31)30(6-2)7-3/h1,10-13,15-17,22,29H,6-9,14,18H2,2-4H3. The Morgan fingerprint density at radius 2 is 2.03 bits per heavy atom. The van der Waals surface area contributed by atoms with Gasteiger partial charge in [0, 0.05) is 37.1 Å². The predicted octanol–water partition coefficient (Wildman–Crippen LogP) is 3.46. The van der Waals surface area contributed by atoms with Crippen LogP contribution in [0.2, 0.25) is 0 Å². The van der Waals surface area contributed by atoms with Gasteiger partial charge in [-0.25, -0.2) is 9.67 Å². The average Bonchev–Trinajstić information content (AvgIpc) is 3.25. The number of benzene rings is 1. The maximum atomic E-state index is 13.1. The number of carbonyl (C=O) groups excluding carboxylic acids is 1. The molecule has 0 aliphatic carbocycles. The Morgan fingerprint density at radius 3 is 2.68 bits per heavy atom. The lowest BCUT2D eigenvalue weighted by atomic mass is 10.0. The van der Waals surface area contributed by atoms with Gasteiger partial charge in [0.2, 0.25) is 0 Å². The minimum absolute atomic E-state index is 0.0142. The number of pyridine rings is 1. The van der Waals surface area contributed by atoms with Crippen LogP contribution in [0.15, 0.2) is 47.5 Å². The number of nitrogens with one attached hydrogen (secondary N) is 1. The number of carbonyl (C=O) groups is 1. The third-order valence-corrected chi connectivity index (χ3v) is 6.69. The van der Waals surface area contributed by atoms with Gasteiger partial charge < -0.3 is 4.90 Å². The summed E-state index contributed by atoms with van der Waals surface area (Å²) in [5.41, 5.74) is 3.39. The molecule has 34 heavy (non-hydrogen) atoms. The van der Waals surface area contributed by atoms with Crippen molar-refractivity contribution in [2.75, 3.05) is 26.2 Å². The van der Waals surface area contributed by atoms with Gasteiger partial charge in [-0.1, -0.05) is 25.8 Å². The molecule has 1 saturated heterocycles. The maximum Gasteiger partial charge on any atom is 0.280 e. The fourth-order valence-corrected chi connectivity index (χ4v) is 4.79. The fourth-order valence-electron chi connectivity index (χ4n) is 4.79. The first-order valence-electron chi connectivity index (χ1n) is 11.8. The molecule has 1 N–H and O–H groups in total. The molecule has 0 bridgehead atoms. The van der Waals surface area contributed by atoms with Gasteiger partial charge in [0.1, 0.15) is 0 Å². The second-order valence-electron chi connectivity index (χ2n) is 8.68. The minimum Gasteiger partial charge on any atom is -0.337 e. The van der Waals surface area contributed by atoms with Crippen LogP contribution in [0, 0.1) is 19.3 Å². The van der Waals surface area contributed by atoms with E-state index in [0.29, 0.717) is 23.0 Å². The summed E-state index contributed by atoms with van der Waals surface area (Å²) in [6.45, 7) is 9.72. The lowest BCUT2D eigenvalue weighted by molar-refractivity contribution is 0.0589. The van der Waals surface area contributed by atoms with Crippen LogP contribution in [0.4, 0.5) is 0 Å². The van der Waals surface area contributed by atoms with E-state index in [1.165, 1.54) is 4.68 Å². The molecule has 1 aliphatic rings. The van der Waals surface area contributed by atoms with Gasteiger partial charge in [0.05, 0.1) is 11.1 Å². The second kappa shape index (κ2) is 10.1. The molecule has 7 nitrogen and oxygen atoms in total. The third kappa shape index (κ3) is 4.55. The molecule has 2 aromatic heterocycles. The number of aromatic nitrogens is 3. The lowest BCUT2D eigenvalue weighted by Crippen LogP contribution is -2.49. The number of nitrogens with zero attached hydrogens (tertiary/aromatic N) is 4. The molecule has 1 fully saturated rings. The number of amides is 1. The van der Waals surface area contributed by atoms with E-state index < -0.39 is 0 Å². The first kappa shape index (κ1) is 23.5. The summed E-state index contributed by atoms with van der Waals surface area (Å²) in [7, 11) is 0. The maximum absolute atomic E-state index is 13.1. The van der Waals surface area contributed by atoms with Crippen LogP contribution in [0.3, 0.4) is 0 Å². The number of hydrogen-bond donors (Lipinski definition) is 1. The molecular formula is C27H31N5O2. The van der Waals surface area contributed by atoms with Crippen LogP contribution < -0.4 is 5.56 Å². The van der Waals surface area contributed by atoms with E-state index >= 15 is 0 Å². The summed E-state index contributed by atoms with van der Waals surface area (Å²) in [6.07, 6.45) is 10.8. The number of terminal acetylenes is 1. The third-order valence-electron chi connectivity index (χ3n) is 6.69. The van der Waals surface area contributed by atoms with E-state index in [-0.39, 0.29) is 11.5 Å². The number of piperidine rings is 1. The molecular weight excluding hydrogens is 426 g/mol. The van der Waals surface area contributed by atoms with Crippen LogP contribution in [0.1, 0.15) is 48.2 Å². The van der Waals surface area contributed by atoms with Crippen molar-refractivity contribution in [3.63, 3.8) is 0 Å². The quantitative estimate of drug-likeness (QED) is 0.576. The zero-order valence-electron chi connectivity index (χ0n) is 20.0. The SMILES string of the molecule is C#Cc1ccc(-c2c[nH]n(-c3ccc(C(=O)N4CCCC(N(CC)CC)C4)cn3)c2=O)c(C)c1. The van der Waals surface area contributed by atoms with Crippen molar-refractivity contribution in [3.05, 3.63) is 69.8 Å². The molecule has 1 aromatic carbocycles. The minimum atomic E-state index is -0.207. The van der Waals surface area contributed by atoms with E-state index in [9.17, 15) is 9.59 Å². The summed E-state index contributed by atoms with van der Waals surface area (Å²) in [4.78, 5) is 34.9.